The molecule has 0 heterocycles. The largest absolute Gasteiger partial charge is 0.352 e. The number of carbonyl (C=O) groups excluding carboxylic acids is 2. The van der Waals surface area contributed by atoms with Crippen LogP contribution < -0.4 is 10.7 Å². The van der Waals surface area contributed by atoms with Crippen LogP contribution in [0.3, 0.4) is 0 Å². The number of hydrogen-bond donors (Lipinski definition) is 2. The Bertz CT molecular complexity index is 929. The van der Waals surface area contributed by atoms with Gasteiger partial charge in [-0.15, -0.1) is 0 Å². The molecule has 8 nitrogen and oxygen atoms in total. The fourth-order valence-corrected chi connectivity index (χ4v) is 2.84. The average Bonchev–Trinajstić information content (AvgIpc) is 2.74. The third-order valence-corrected chi connectivity index (χ3v) is 4.66. The number of carbonyl (C=O) groups is 2. The second kappa shape index (κ2) is 11.7. The zero-order valence-corrected chi connectivity index (χ0v) is 17.3. The van der Waals surface area contributed by atoms with E-state index in [0.29, 0.717) is 41.2 Å². The van der Waals surface area contributed by atoms with Crippen molar-refractivity contribution in [3.8, 4) is 0 Å². The molecule has 2 aromatic rings. The molecule has 0 fully saturated rings. The van der Waals surface area contributed by atoms with Gasteiger partial charge in [0.25, 0.3) is 11.6 Å². The Labute approximate surface area is 179 Å². The van der Waals surface area contributed by atoms with Gasteiger partial charge in [0.1, 0.15) is 0 Å². The van der Waals surface area contributed by atoms with Crippen LogP contribution >= 0.6 is 11.6 Å². The minimum absolute atomic E-state index is 0.00126. The molecule has 0 unspecified atom stereocenters. The lowest BCUT2D eigenvalue weighted by atomic mass is 10.1. The van der Waals surface area contributed by atoms with Gasteiger partial charge in [-0.1, -0.05) is 30.2 Å². The number of rotatable bonds is 10. The van der Waals surface area contributed by atoms with E-state index in [1.807, 2.05) is 0 Å². The highest BCUT2D eigenvalue weighted by Gasteiger charge is 2.09. The van der Waals surface area contributed by atoms with E-state index in [1.165, 1.54) is 12.1 Å². The van der Waals surface area contributed by atoms with Crippen molar-refractivity contribution < 1.29 is 14.5 Å². The van der Waals surface area contributed by atoms with E-state index in [4.69, 9.17) is 11.6 Å². The number of hydrogen-bond acceptors (Lipinski definition) is 5. The molecular weight excluding hydrogens is 408 g/mol. The number of non-ortho nitro benzene ring substituents is 1. The molecule has 158 valence electrons. The molecule has 2 amide bonds. The third-order valence-electron chi connectivity index (χ3n) is 4.33. The van der Waals surface area contributed by atoms with Gasteiger partial charge in [0.15, 0.2) is 0 Å². The predicted molar refractivity (Wildman–Crippen MR) is 116 cm³/mol. The van der Waals surface area contributed by atoms with Gasteiger partial charge in [-0.3, -0.25) is 19.7 Å². The number of nitro benzene ring substituents is 1. The van der Waals surface area contributed by atoms with Crippen LogP contribution in [0, 0.1) is 10.1 Å². The maximum atomic E-state index is 12.0. The summed E-state index contributed by atoms with van der Waals surface area (Å²) in [5, 5.41) is 17.9. The van der Waals surface area contributed by atoms with Crippen LogP contribution in [-0.2, 0) is 4.79 Å². The fourth-order valence-electron chi connectivity index (χ4n) is 2.62. The summed E-state index contributed by atoms with van der Waals surface area (Å²) in [4.78, 5) is 34.1. The molecule has 0 aromatic heterocycles. The first kappa shape index (κ1) is 23.0. The van der Waals surface area contributed by atoms with E-state index < -0.39 is 4.92 Å². The minimum Gasteiger partial charge on any atom is -0.352 e. The SMILES string of the molecule is CC(=NNC(=O)CCCCCNC(=O)c1ccccc1Cl)c1ccc([N+](=O)[O-])cc1. The zero-order chi connectivity index (χ0) is 21.9. The Morgan fingerprint density at radius 3 is 2.43 bits per heavy atom. The second-order valence-corrected chi connectivity index (χ2v) is 6.99. The summed E-state index contributed by atoms with van der Waals surface area (Å²) in [6, 6.07) is 12.8. The Kier molecular flexibility index (Phi) is 8.96. The molecule has 0 saturated heterocycles. The Morgan fingerprint density at radius 2 is 1.77 bits per heavy atom. The fraction of sp³-hybridized carbons (Fsp3) is 0.286. The van der Waals surface area contributed by atoms with Crippen LogP contribution in [0.1, 0.15) is 48.5 Å². The summed E-state index contributed by atoms with van der Waals surface area (Å²) in [5.74, 6) is -0.425. The minimum atomic E-state index is -0.472. The second-order valence-electron chi connectivity index (χ2n) is 6.58. The highest BCUT2D eigenvalue weighted by atomic mass is 35.5. The molecule has 9 heteroatoms. The summed E-state index contributed by atoms with van der Waals surface area (Å²) in [6.07, 6.45) is 2.51. The number of nitro groups is 1. The molecule has 0 bridgehead atoms. The van der Waals surface area contributed by atoms with E-state index in [0.717, 1.165) is 12.8 Å². The molecule has 30 heavy (non-hydrogen) atoms. The first-order valence-electron chi connectivity index (χ1n) is 9.49. The number of benzene rings is 2. The third kappa shape index (κ3) is 7.29. The highest BCUT2D eigenvalue weighted by molar-refractivity contribution is 6.33. The lowest BCUT2D eigenvalue weighted by molar-refractivity contribution is -0.384. The van der Waals surface area contributed by atoms with Gasteiger partial charge in [-0.2, -0.15) is 5.10 Å². The van der Waals surface area contributed by atoms with Crippen molar-refractivity contribution in [3.63, 3.8) is 0 Å². The Morgan fingerprint density at radius 1 is 1.07 bits per heavy atom. The van der Waals surface area contributed by atoms with Crippen LogP contribution in [0.4, 0.5) is 5.69 Å². The van der Waals surface area contributed by atoms with E-state index in [9.17, 15) is 19.7 Å². The van der Waals surface area contributed by atoms with E-state index >= 15 is 0 Å². The molecule has 2 aromatic carbocycles. The molecule has 0 spiro atoms. The normalized spacial score (nSPS) is 11.1. The molecular formula is C21H23ClN4O4. The number of amides is 2. The quantitative estimate of drug-likeness (QED) is 0.256. The van der Waals surface area contributed by atoms with Crippen LogP contribution in [0.25, 0.3) is 0 Å². The smallest absolute Gasteiger partial charge is 0.269 e. The van der Waals surface area contributed by atoms with Gasteiger partial charge in [0, 0.05) is 25.1 Å². The summed E-state index contributed by atoms with van der Waals surface area (Å²) in [5.41, 5.74) is 4.17. The van der Waals surface area contributed by atoms with Gasteiger partial charge >= 0.3 is 0 Å². The van der Waals surface area contributed by atoms with E-state index in [-0.39, 0.29) is 17.5 Å². The van der Waals surface area contributed by atoms with Gasteiger partial charge in [0.05, 0.1) is 21.2 Å². The maximum absolute atomic E-state index is 12.0. The Balaban J connectivity index is 1.64. The maximum Gasteiger partial charge on any atom is 0.269 e. The number of halogens is 1. The molecule has 0 radical (unpaired) electrons. The van der Waals surface area contributed by atoms with Crippen molar-refractivity contribution in [2.45, 2.75) is 32.6 Å². The summed E-state index contributed by atoms with van der Waals surface area (Å²) < 4.78 is 0. The standard InChI is InChI=1S/C21H23ClN4O4/c1-15(16-10-12-17(13-11-16)26(29)30)24-25-20(27)9-3-2-6-14-23-21(28)18-7-4-5-8-19(18)22/h4-5,7-8,10-13H,2-3,6,9,14H2,1H3,(H,23,28)(H,25,27). The summed E-state index contributed by atoms with van der Waals surface area (Å²) >= 11 is 5.98. The molecule has 0 aliphatic rings. The molecule has 2 rings (SSSR count). The van der Waals surface area contributed by atoms with Crippen molar-refractivity contribution in [2.75, 3.05) is 6.54 Å². The number of nitrogens with zero attached hydrogens (tertiary/aromatic N) is 2. The van der Waals surface area contributed by atoms with Crippen molar-refractivity contribution in [1.29, 1.82) is 0 Å². The monoisotopic (exact) mass is 430 g/mol. The predicted octanol–water partition coefficient (Wildman–Crippen LogP) is 4.08. The first-order valence-corrected chi connectivity index (χ1v) is 9.87. The topological polar surface area (TPSA) is 114 Å². The highest BCUT2D eigenvalue weighted by Crippen LogP contribution is 2.14. The van der Waals surface area contributed by atoms with Crippen molar-refractivity contribution >= 4 is 34.8 Å². The first-order chi connectivity index (χ1) is 14.4. The van der Waals surface area contributed by atoms with E-state index in [1.54, 1.807) is 43.3 Å². The van der Waals surface area contributed by atoms with Crippen LogP contribution in [-0.4, -0.2) is 29.0 Å². The number of nitrogens with one attached hydrogen (secondary N) is 2. The van der Waals surface area contributed by atoms with Crippen molar-refractivity contribution in [3.05, 3.63) is 74.8 Å². The number of unbranched alkanes of at least 4 members (excludes halogenated alkanes) is 2. The van der Waals surface area contributed by atoms with Crippen LogP contribution in [0.15, 0.2) is 53.6 Å². The van der Waals surface area contributed by atoms with Gasteiger partial charge in [-0.05, 0) is 49.6 Å². The number of hydrazone groups is 1. The van der Waals surface area contributed by atoms with Crippen molar-refractivity contribution in [1.82, 2.24) is 10.7 Å². The molecule has 0 aliphatic heterocycles. The zero-order valence-electron chi connectivity index (χ0n) is 16.6. The van der Waals surface area contributed by atoms with E-state index in [2.05, 4.69) is 15.8 Å². The molecule has 2 N–H and O–H groups in total. The van der Waals surface area contributed by atoms with Crippen LogP contribution in [0.2, 0.25) is 5.02 Å². The van der Waals surface area contributed by atoms with Gasteiger partial charge in [-0.25, -0.2) is 5.43 Å². The molecule has 0 atom stereocenters. The Hall–Kier alpha value is -3.26. The van der Waals surface area contributed by atoms with Gasteiger partial charge in [0.2, 0.25) is 5.91 Å². The average molecular weight is 431 g/mol. The molecule has 0 saturated carbocycles. The summed E-state index contributed by atoms with van der Waals surface area (Å²) in [7, 11) is 0. The lowest BCUT2D eigenvalue weighted by Gasteiger charge is -2.06. The van der Waals surface area contributed by atoms with Crippen molar-refractivity contribution in [2.24, 2.45) is 5.10 Å². The lowest BCUT2D eigenvalue weighted by Crippen LogP contribution is -2.24. The molecule has 0 aliphatic carbocycles. The van der Waals surface area contributed by atoms with Crippen LogP contribution in [0.5, 0.6) is 0 Å². The van der Waals surface area contributed by atoms with Gasteiger partial charge < -0.3 is 5.32 Å². The summed E-state index contributed by atoms with van der Waals surface area (Å²) in [6.45, 7) is 2.21.